The summed E-state index contributed by atoms with van der Waals surface area (Å²) >= 11 is 12.5. The number of carbonyl (C=O) groups is 2. The van der Waals surface area contributed by atoms with Crippen LogP contribution in [0.4, 0.5) is 24.5 Å². The van der Waals surface area contributed by atoms with Crippen molar-refractivity contribution in [3.8, 4) is 29.0 Å². The lowest BCUT2D eigenvalue weighted by Gasteiger charge is -2.36. The number of carbonyl (C=O) groups excluding carboxylic acids is 2. The Kier molecular flexibility index (Phi) is 6.89. The third-order valence-corrected chi connectivity index (χ3v) is 7.74. The van der Waals surface area contributed by atoms with Gasteiger partial charge >= 0.3 is 12.4 Å². The number of hydrogen-bond acceptors (Lipinski definition) is 8. The van der Waals surface area contributed by atoms with E-state index in [1.807, 2.05) is 13.8 Å². The minimum absolute atomic E-state index is 0.0210. The maximum absolute atomic E-state index is 14.4. The van der Waals surface area contributed by atoms with E-state index in [0.29, 0.717) is 21.8 Å². The first-order valence-electron chi connectivity index (χ1n) is 12.9. The molecule has 2 amide bonds. The number of fused-ring (bicyclic) bond motifs is 4. The number of methoxy groups -OCH3 is 2. The number of ether oxygens (including phenoxy) is 3. The monoisotopic (exact) mass is 648 g/mol. The third-order valence-electron chi connectivity index (χ3n) is 7.21. The van der Waals surface area contributed by atoms with Crippen molar-refractivity contribution in [2.24, 2.45) is 0 Å². The maximum atomic E-state index is 14.4. The van der Waals surface area contributed by atoms with Gasteiger partial charge in [0.25, 0.3) is 11.8 Å². The number of alkyl halides is 3. The number of nitrogens with zero attached hydrogens (tertiary/aromatic N) is 5. The summed E-state index contributed by atoms with van der Waals surface area (Å²) in [6, 6.07) is 7.64. The molecule has 44 heavy (non-hydrogen) atoms. The predicted octanol–water partition coefficient (Wildman–Crippen LogP) is 6.00. The number of rotatable bonds is 6. The van der Waals surface area contributed by atoms with Crippen LogP contribution < -0.4 is 24.4 Å². The third kappa shape index (κ3) is 4.31. The zero-order valence-electron chi connectivity index (χ0n) is 23.3. The molecule has 2 aliphatic heterocycles. The van der Waals surface area contributed by atoms with Crippen LogP contribution in [0.5, 0.6) is 17.6 Å². The number of amides is 2. The Morgan fingerprint density at radius 2 is 1.77 bits per heavy atom. The molecule has 0 radical (unpaired) electrons. The van der Waals surface area contributed by atoms with E-state index in [9.17, 15) is 22.8 Å². The first kappa shape index (κ1) is 29.5. The van der Waals surface area contributed by atoms with E-state index in [0.717, 1.165) is 17.0 Å². The zero-order chi connectivity index (χ0) is 31.7. The molecular formula is C28H21Cl2F3N6O5. The van der Waals surface area contributed by atoms with Gasteiger partial charge in [-0.3, -0.25) is 14.5 Å². The average molecular weight is 649 g/mol. The van der Waals surface area contributed by atoms with E-state index in [2.05, 4.69) is 20.0 Å². The van der Waals surface area contributed by atoms with Crippen molar-refractivity contribution in [1.82, 2.24) is 19.5 Å². The summed E-state index contributed by atoms with van der Waals surface area (Å²) in [5.41, 5.74) is -0.730. The van der Waals surface area contributed by atoms with Gasteiger partial charge in [0.1, 0.15) is 11.6 Å². The van der Waals surface area contributed by atoms with Crippen molar-refractivity contribution in [1.29, 1.82) is 0 Å². The van der Waals surface area contributed by atoms with Crippen LogP contribution in [-0.2, 0) is 10.3 Å². The molecule has 0 aliphatic carbocycles. The van der Waals surface area contributed by atoms with E-state index in [4.69, 9.17) is 37.7 Å². The lowest BCUT2D eigenvalue weighted by atomic mass is 9.87. The molecule has 1 N–H and O–H groups in total. The molecule has 4 aromatic rings. The normalized spacial score (nSPS) is 17.3. The molecular weight excluding hydrogens is 628 g/mol. The number of hydrogen-bond donors (Lipinski definition) is 1. The molecule has 0 saturated heterocycles. The molecule has 2 aliphatic rings. The van der Waals surface area contributed by atoms with E-state index >= 15 is 0 Å². The van der Waals surface area contributed by atoms with Gasteiger partial charge in [-0.25, -0.2) is 9.97 Å². The topological polar surface area (TPSA) is 121 Å². The minimum atomic E-state index is -5.00. The summed E-state index contributed by atoms with van der Waals surface area (Å²) in [6.45, 7) is 3.66. The highest BCUT2D eigenvalue weighted by atomic mass is 35.5. The van der Waals surface area contributed by atoms with Crippen molar-refractivity contribution in [3.63, 3.8) is 0 Å². The van der Waals surface area contributed by atoms with Crippen LogP contribution in [0.15, 0.2) is 42.6 Å². The molecule has 1 unspecified atom stereocenters. The quantitative estimate of drug-likeness (QED) is 0.270. The summed E-state index contributed by atoms with van der Waals surface area (Å²) in [5.74, 6) is -1.68. The molecule has 2 aromatic carbocycles. The van der Waals surface area contributed by atoms with Gasteiger partial charge in [0.05, 0.1) is 30.5 Å². The van der Waals surface area contributed by atoms with Crippen LogP contribution in [0.2, 0.25) is 10.0 Å². The average Bonchev–Trinajstić information content (AvgIpc) is 3.57. The minimum Gasteiger partial charge on any atom is -0.480 e. The molecule has 2 aromatic heterocycles. The fourth-order valence-electron chi connectivity index (χ4n) is 5.62. The fourth-order valence-corrected chi connectivity index (χ4v) is 6.00. The molecule has 1 atom stereocenters. The molecule has 4 heterocycles. The van der Waals surface area contributed by atoms with Crippen LogP contribution >= 0.6 is 23.2 Å². The lowest BCUT2D eigenvalue weighted by Crippen LogP contribution is -2.51. The molecule has 0 fully saturated rings. The summed E-state index contributed by atoms with van der Waals surface area (Å²) < 4.78 is 55.2. The van der Waals surface area contributed by atoms with Gasteiger partial charge < -0.3 is 24.1 Å². The van der Waals surface area contributed by atoms with Crippen LogP contribution in [0.25, 0.3) is 11.4 Å². The van der Waals surface area contributed by atoms with E-state index in [1.54, 1.807) is 16.7 Å². The van der Waals surface area contributed by atoms with Crippen molar-refractivity contribution < 1.29 is 37.0 Å². The smallest absolute Gasteiger partial charge is 0.480 e. The van der Waals surface area contributed by atoms with E-state index in [1.165, 1.54) is 32.5 Å². The Morgan fingerprint density at radius 3 is 2.41 bits per heavy atom. The van der Waals surface area contributed by atoms with Crippen molar-refractivity contribution in [2.75, 3.05) is 24.4 Å². The van der Waals surface area contributed by atoms with Gasteiger partial charge in [-0.2, -0.15) is 4.98 Å². The number of anilines is 2. The Hall–Kier alpha value is -4.56. The summed E-state index contributed by atoms with van der Waals surface area (Å²) in [5, 5.41) is 2.70. The highest BCUT2D eigenvalue weighted by Crippen LogP contribution is 2.55. The summed E-state index contributed by atoms with van der Waals surface area (Å²) in [6.07, 6.45) is -3.57. The molecule has 0 saturated carbocycles. The summed E-state index contributed by atoms with van der Waals surface area (Å²) in [4.78, 5) is 42.9. The van der Waals surface area contributed by atoms with Gasteiger partial charge in [0.2, 0.25) is 5.88 Å². The second-order valence-corrected chi connectivity index (χ2v) is 10.9. The summed E-state index contributed by atoms with van der Waals surface area (Å²) in [7, 11) is 2.79. The Bertz CT molecular complexity index is 1860. The Balaban J connectivity index is 1.65. The fraction of sp³-hybridized carbons (Fsp3) is 0.250. The number of imidazole rings is 1. The number of halogens is 5. The van der Waals surface area contributed by atoms with Gasteiger partial charge in [-0.1, -0.05) is 29.3 Å². The van der Waals surface area contributed by atoms with Gasteiger partial charge in [-0.15, -0.1) is 13.2 Å². The van der Waals surface area contributed by atoms with Crippen LogP contribution in [-0.4, -0.2) is 51.9 Å². The van der Waals surface area contributed by atoms with E-state index in [-0.39, 0.29) is 34.8 Å². The number of nitrogens with one attached hydrogen (secondary N) is 1. The zero-order valence-corrected chi connectivity index (χ0v) is 24.8. The largest absolute Gasteiger partial charge is 0.573 e. The maximum Gasteiger partial charge on any atom is 0.573 e. The second-order valence-electron chi connectivity index (χ2n) is 10.0. The molecule has 1 spiro atoms. The SMILES string of the molecule is COc1ncc(-c2nc3c(n2C(C)C)C2(C(=O)Nc4cc(Cl)ccc42)N(c2ccc(OC(F)(F)F)c(Cl)c2)C3=O)c(OC)n1. The van der Waals surface area contributed by atoms with Gasteiger partial charge in [0.15, 0.2) is 11.2 Å². The Morgan fingerprint density at radius 1 is 1.02 bits per heavy atom. The van der Waals surface area contributed by atoms with E-state index < -0.39 is 40.5 Å². The first-order valence-corrected chi connectivity index (χ1v) is 13.7. The second kappa shape index (κ2) is 10.3. The number of benzene rings is 2. The lowest BCUT2D eigenvalue weighted by molar-refractivity contribution is -0.274. The highest BCUT2D eigenvalue weighted by Gasteiger charge is 2.64. The molecule has 228 valence electrons. The van der Waals surface area contributed by atoms with Crippen molar-refractivity contribution in [2.45, 2.75) is 31.8 Å². The van der Waals surface area contributed by atoms with Crippen LogP contribution in [0.1, 0.15) is 41.6 Å². The van der Waals surface area contributed by atoms with Crippen LogP contribution in [0.3, 0.4) is 0 Å². The van der Waals surface area contributed by atoms with Gasteiger partial charge in [0, 0.05) is 34.2 Å². The molecule has 6 rings (SSSR count). The highest BCUT2D eigenvalue weighted by molar-refractivity contribution is 6.33. The Labute approximate surface area is 257 Å². The molecule has 16 heteroatoms. The standard InChI is InChI=1S/C28H21Cl2F3N6O5/c1-12(2)38-21-20(36-22(38)15-11-34-26(43-4)37-23(15)42-3)24(40)39(14-6-8-19(17(30)10-14)44-28(31,32)33)27(21)16-7-5-13(29)9-18(16)35-25(27)41/h5-12H,1-4H3,(H,35,41). The number of aromatic nitrogens is 4. The molecule has 0 bridgehead atoms. The predicted molar refractivity (Wildman–Crippen MR) is 153 cm³/mol. The van der Waals surface area contributed by atoms with Crippen molar-refractivity contribution in [3.05, 3.63) is 69.6 Å². The van der Waals surface area contributed by atoms with Crippen LogP contribution in [0, 0.1) is 0 Å². The van der Waals surface area contributed by atoms with Gasteiger partial charge in [-0.05, 0) is 44.2 Å². The van der Waals surface area contributed by atoms with Crippen molar-refractivity contribution >= 4 is 46.4 Å². The first-order chi connectivity index (χ1) is 20.8. The molecule has 11 nitrogen and oxygen atoms in total.